The first-order valence-electron chi connectivity index (χ1n) is 12.3. The van der Waals surface area contributed by atoms with Crippen LogP contribution in [0, 0.1) is 18.6 Å². The number of aryl methyl sites for hydroxylation is 1. The third-order valence-corrected chi connectivity index (χ3v) is 6.10. The molecule has 12 heteroatoms. The van der Waals surface area contributed by atoms with Gasteiger partial charge in [-0.15, -0.1) is 0 Å². The highest BCUT2D eigenvalue weighted by Gasteiger charge is 2.20. The second-order valence-electron chi connectivity index (χ2n) is 8.77. The Morgan fingerprint density at radius 2 is 2.05 bits per heavy atom. The van der Waals surface area contributed by atoms with Crippen molar-refractivity contribution >= 4 is 35.3 Å². The van der Waals surface area contributed by atoms with E-state index < -0.39 is 11.6 Å². The number of H-pyrrole nitrogens is 2. The number of β-amino-alcohol motifs (C(OH)–C–C–N with tert-alkyl or cyclic N) is 1. The molecule has 1 aliphatic rings. The first-order valence-corrected chi connectivity index (χ1v) is 12.3. The molecule has 0 atom stereocenters. The van der Waals surface area contributed by atoms with Gasteiger partial charge in [0.05, 0.1) is 17.8 Å². The zero-order chi connectivity index (χ0) is 27.1. The first-order chi connectivity index (χ1) is 18.4. The molecule has 0 bridgehead atoms. The first kappa shape index (κ1) is 27.0. The molecular weight excluding hydrogens is 494 g/mol. The number of hydrogen-bond acceptors (Lipinski definition) is 7. The van der Waals surface area contributed by atoms with Gasteiger partial charge in [0.25, 0.3) is 0 Å². The van der Waals surface area contributed by atoms with Crippen LogP contribution in [-0.4, -0.2) is 88.7 Å². The zero-order valence-electron chi connectivity index (χ0n) is 21.5. The van der Waals surface area contributed by atoms with Crippen LogP contribution >= 0.6 is 0 Å². The third-order valence-electron chi connectivity index (χ3n) is 6.10. The van der Waals surface area contributed by atoms with E-state index in [4.69, 9.17) is 4.74 Å². The van der Waals surface area contributed by atoms with Crippen LogP contribution < -0.4 is 10.1 Å². The van der Waals surface area contributed by atoms with E-state index in [0.29, 0.717) is 42.8 Å². The van der Waals surface area contributed by atoms with Crippen LogP contribution in [-0.2, 0) is 0 Å². The summed E-state index contributed by atoms with van der Waals surface area (Å²) < 4.78 is 35.0. The number of halogens is 2. The van der Waals surface area contributed by atoms with Crippen LogP contribution in [0.2, 0.25) is 0 Å². The minimum atomic E-state index is -0.652. The Morgan fingerprint density at radius 3 is 2.76 bits per heavy atom. The fourth-order valence-corrected chi connectivity index (χ4v) is 4.23. The monoisotopic (exact) mass is 526 g/mol. The van der Waals surface area contributed by atoms with Gasteiger partial charge in [0, 0.05) is 62.0 Å². The molecule has 2 aromatic heterocycles. The van der Waals surface area contributed by atoms with Crippen LogP contribution in [0.4, 0.5) is 14.6 Å². The van der Waals surface area contributed by atoms with Gasteiger partial charge in [-0.3, -0.25) is 10.00 Å². The Bertz CT molecular complexity index is 1350. The quantitative estimate of drug-likeness (QED) is 0.237. The fraction of sp³-hybridized carbons (Fsp3) is 0.346. The number of aliphatic imine (C=N–C) groups is 2. The summed E-state index contributed by atoms with van der Waals surface area (Å²) in [5.41, 5.74) is 1.57. The number of aromatic amines is 2. The molecule has 3 heterocycles. The number of amidine groups is 1. The van der Waals surface area contributed by atoms with Crippen molar-refractivity contribution in [2.75, 3.05) is 51.4 Å². The predicted octanol–water partition coefficient (Wildman–Crippen LogP) is 3.51. The summed E-state index contributed by atoms with van der Waals surface area (Å²) in [5, 5.41) is 19.6. The maximum absolute atomic E-state index is 15.0. The smallest absolute Gasteiger partial charge is 0.181 e. The van der Waals surface area contributed by atoms with Crippen molar-refractivity contribution in [2.24, 2.45) is 9.98 Å². The van der Waals surface area contributed by atoms with Crippen LogP contribution in [0.3, 0.4) is 0 Å². The lowest BCUT2D eigenvalue weighted by Gasteiger charge is -2.35. The molecule has 4 rings (SSSR count). The molecule has 0 spiro atoms. The van der Waals surface area contributed by atoms with E-state index in [1.807, 2.05) is 30.0 Å². The van der Waals surface area contributed by atoms with Gasteiger partial charge in [0.1, 0.15) is 11.7 Å². The number of fused-ring (bicyclic) bond motifs is 1. The van der Waals surface area contributed by atoms with Gasteiger partial charge in [-0.2, -0.15) is 5.10 Å². The Morgan fingerprint density at radius 1 is 1.26 bits per heavy atom. The van der Waals surface area contributed by atoms with E-state index in [1.165, 1.54) is 6.07 Å². The number of nitrogens with one attached hydrogen (secondary N) is 3. The van der Waals surface area contributed by atoms with Crippen molar-refractivity contribution in [3.05, 3.63) is 59.2 Å². The fourth-order valence-electron chi connectivity index (χ4n) is 4.23. The Labute approximate surface area is 219 Å². The van der Waals surface area contributed by atoms with E-state index >= 15 is 0 Å². The number of anilines is 1. The highest BCUT2D eigenvalue weighted by Crippen LogP contribution is 2.29. The topological polar surface area (TPSA) is 117 Å². The normalized spacial score (nSPS) is 15.6. The highest BCUT2D eigenvalue weighted by atomic mass is 19.1. The van der Waals surface area contributed by atoms with Gasteiger partial charge in [-0.25, -0.2) is 18.8 Å². The van der Waals surface area contributed by atoms with Gasteiger partial charge in [0.15, 0.2) is 29.9 Å². The molecule has 0 radical (unpaired) electrons. The summed E-state index contributed by atoms with van der Waals surface area (Å²) in [7, 11) is 0. The second kappa shape index (κ2) is 12.5. The number of aliphatic hydroxyl groups is 1. The molecule has 1 aliphatic heterocycles. The third kappa shape index (κ3) is 6.45. The maximum Gasteiger partial charge on any atom is 0.181 e. The van der Waals surface area contributed by atoms with Crippen molar-refractivity contribution < 1.29 is 18.6 Å². The molecule has 202 valence electrons. The molecule has 1 fully saturated rings. The van der Waals surface area contributed by atoms with Crippen LogP contribution in [0.5, 0.6) is 5.75 Å². The van der Waals surface area contributed by atoms with Crippen molar-refractivity contribution in [2.45, 2.75) is 13.8 Å². The second-order valence-corrected chi connectivity index (χ2v) is 8.77. The largest absolute Gasteiger partial charge is 0.468 e. The molecular formula is C26H32F2N8O2. The number of allylic oxidation sites excluding steroid dienone is 1. The van der Waals surface area contributed by atoms with Crippen LogP contribution in [0.1, 0.15) is 18.3 Å². The van der Waals surface area contributed by atoms with Gasteiger partial charge in [-0.05, 0) is 32.7 Å². The van der Waals surface area contributed by atoms with E-state index in [2.05, 4.69) is 42.1 Å². The van der Waals surface area contributed by atoms with Gasteiger partial charge in [0.2, 0.25) is 0 Å². The van der Waals surface area contributed by atoms with Gasteiger partial charge in [-0.1, -0.05) is 6.08 Å². The van der Waals surface area contributed by atoms with Gasteiger partial charge >= 0.3 is 0 Å². The van der Waals surface area contributed by atoms with E-state index in [1.54, 1.807) is 13.0 Å². The molecule has 10 nitrogen and oxygen atoms in total. The summed E-state index contributed by atoms with van der Waals surface area (Å²) in [5.74, 6) is 0.0111. The molecule has 1 aromatic carbocycles. The summed E-state index contributed by atoms with van der Waals surface area (Å²) in [6, 6.07) is 4.38. The van der Waals surface area contributed by atoms with Crippen LogP contribution in [0.25, 0.3) is 17.0 Å². The molecule has 0 unspecified atom stereocenters. The number of rotatable bonds is 10. The van der Waals surface area contributed by atoms with E-state index in [-0.39, 0.29) is 30.0 Å². The number of benzene rings is 1. The lowest BCUT2D eigenvalue weighted by Crippen LogP contribution is -2.49. The minimum absolute atomic E-state index is 0.0924. The number of piperazine rings is 1. The highest BCUT2D eigenvalue weighted by molar-refractivity contribution is 5.94. The van der Waals surface area contributed by atoms with Crippen molar-refractivity contribution in [1.29, 1.82) is 0 Å². The number of aliphatic hydroxyl groups excluding tert-OH is 1. The average Bonchev–Trinajstić information content (AvgIpc) is 3.53. The summed E-state index contributed by atoms with van der Waals surface area (Å²) in [4.78, 5) is 15.6. The van der Waals surface area contributed by atoms with Crippen molar-refractivity contribution in [3.63, 3.8) is 0 Å². The number of aromatic nitrogens is 3. The predicted molar refractivity (Wildman–Crippen MR) is 146 cm³/mol. The molecule has 0 saturated carbocycles. The standard InChI is InChI=1S/C26H32F2N8O2/c1-4-5-18-13-23(34-33-18)32-22(29-3)15-24(36-8-6-35(7-9-36)10-11-37)30-16-38-21-14-20(27)26-19(25(21)28)12-17(2)31-26/h4-5,12-15,31,37H,3,6-11,16H2,1-2H3,(H2,32,33,34)/b5-4+,22-15+,30-24+. The maximum atomic E-state index is 15.0. The number of nitrogens with zero attached hydrogens (tertiary/aromatic N) is 5. The zero-order valence-corrected chi connectivity index (χ0v) is 21.5. The molecule has 1 saturated heterocycles. The minimum Gasteiger partial charge on any atom is -0.468 e. The summed E-state index contributed by atoms with van der Waals surface area (Å²) in [6.45, 7) is 10.5. The molecule has 4 N–H and O–H groups in total. The number of hydrogen-bond donors (Lipinski definition) is 4. The SMILES string of the molecule is C=N/C(=C\C(=N/COc1cc(F)c2[nH]c(C)cc2c1F)N1CCN(CCO)CC1)Nc1cc(/C=C/C)[nH]n1. The lowest BCUT2D eigenvalue weighted by molar-refractivity contribution is 0.147. The average molecular weight is 527 g/mol. The Kier molecular flexibility index (Phi) is 8.87. The number of ether oxygens (including phenoxy) is 1. The van der Waals surface area contributed by atoms with E-state index in [0.717, 1.165) is 24.8 Å². The molecule has 0 aliphatic carbocycles. The Hall–Kier alpha value is -4.03. The van der Waals surface area contributed by atoms with Crippen LogP contribution in [0.15, 0.2) is 46.2 Å². The lowest BCUT2D eigenvalue weighted by atomic mass is 10.2. The van der Waals surface area contributed by atoms with E-state index in [9.17, 15) is 13.9 Å². The molecule has 3 aromatic rings. The summed E-state index contributed by atoms with van der Waals surface area (Å²) in [6.07, 6.45) is 5.48. The van der Waals surface area contributed by atoms with Crippen molar-refractivity contribution in [1.82, 2.24) is 25.0 Å². The van der Waals surface area contributed by atoms with Gasteiger partial charge < -0.3 is 25.0 Å². The molecule has 38 heavy (non-hydrogen) atoms. The Balaban J connectivity index is 1.56. The summed E-state index contributed by atoms with van der Waals surface area (Å²) >= 11 is 0. The van der Waals surface area contributed by atoms with Crippen molar-refractivity contribution in [3.8, 4) is 5.75 Å². The molecule has 0 amide bonds.